The summed E-state index contributed by atoms with van der Waals surface area (Å²) in [7, 11) is 0. The van der Waals surface area contributed by atoms with Gasteiger partial charge >= 0.3 is 6.03 Å². The van der Waals surface area contributed by atoms with E-state index in [1.165, 1.54) is 6.07 Å². The summed E-state index contributed by atoms with van der Waals surface area (Å²) in [6.07, 6.45) is 1.60. The zero-order valence-corrected chi connectivity index (χ0v) is 11.9. The Balaban J connectivity index is 1.68. The number of carbonyl (C=O) groups is 1. The summed E-state index contributed by atoms with van der Waals surface area (Å²) in [5.74, 6) is 0.610. The first-order valence-electron chi connectivity index (χ1n) is 6.26. The molecular weight excluding hydrogens is 298 g/mol. The number of nitrogens with one attached hydrogen (secondary N) is 2. The second-order valence-corrected chi connectivity index (χ2v) is 5.21. The van der Waals surface area contributed by atoms with Crippen molar-refractivity contribution in [1.82, 2.24) is 5.32 Å². The molecule has 112 valence electrons. The lowest BCUT2D eigenvalue weighted by atomic mass is 10.3. The molecule has 1 aromatic carbocycles. The molecule has 2 amide bonds. The van der Waals surface area contributed by atoms with E-state index in [0.717, 1.165) is 17.9 Å². The van der Waals surface area contributed by atoms with Crippen molar-refractivity contribution >= 4 is 23.5 Å². The number of urea groups is 1. The van der Waals surface area contributed by atoms with Crippen molar-refractivity contribution in [2.24, 2.45) is 0 Å². The molecule has 0 bridgehead atoms. The maximum Gasteiger partial charge on any atom is 0.319 e. The van der Waals surface area contributed by atoms with Crippen molar-refractivity contribution in [1.29, 1.82) is 0 Å². The number of para-hydroxylation sites is 1. The number of hydrogen-bond donors (Lipinski definition) is 2. The average molecular weight is 312 g/mol. The van der Waals surface area contributed by atoms with Crippen LogP contribution in [0.25, 0.3) is 0 Å². The SMILES string of the molecule is O=C(NCCSCc1ccco1)Nc1c(F)cccc1F. The topological polar surface area (TPSA) is 54.3 Å². The van der Waals surface area contributed by atoms with E-state index in [1.807, 2.05) is 12.1 Å². The Bertz CT molecular complexity index is 570. The number of thioether (sulfide) groups is 1. The van der Waals surface area contributed by atoms with Gasteiger partial charge in [-0.05, 0) is 24.3 Å². The molecule has 0 atom stereocenters. The van der Waals surface area contributed by atoms with Crippen LogP contribution in [0.1, 0.15) is 5.76 Å². The zero-order chi connectivity index (χ0) is 15.1. The number of benzene rings is 1. The number of hydrogen-bond acceptors (Lipinski definition) is 3. The second-order valence-electron chi connectivity index (χ2n) is 4.11. The fourth-order valence-electron chi connectivity index (χ4n) is 1.58. The molecule has 2 aromatic rings. The molecule has 1 heterocycles. The number of halogens is 2. The summed E-state index contributed by atoms with van der Waals surface area (Å²) in [5.41, 5.74) is -0.446. The van der Waals surface area contributed by atoms with Gasteiger partial charge in [0.2, 0.25) is 0 Å². The Labute approximate surface area is 124 Å². The summed E-state index contributed by atoms with van der Waals surface area (Å²) in [4.78, 5) is 11.5. The highest BCUT2D eigenvalue weighted by Gasteiger charge is 2.11. The first kappa shape index (κ1) is 15.4. The normalized spacial score (nSPS) is 10.4. The lowest BCUT2D eigenvalue weighted by Gasteiger charge is -2.08. The predicted molar refractivity (Wildman–Crippen MR) is 78.2 cm³/mol. The van der Waals surface area contributed by atoms with Crippen LogP contribution in [0.3, 0.4) is 0 Å². The molecule has 2 N–H and O–H groups in total. The van der Waals surface area contributed by atoms with Crippen LogP contribution in [0, 0.1) is 11.6 Å². The van der Waals surface area contributed by atoms with Crippen LogP contribution in [0.15, 0.2) is 41.0 Å². The molecule has 0 fully saturated rings. The third kappa shape index (κ3) is 4.78. The van der Waals surface area contributed by atoms with Gasteiger partial charge in [-0.1, -0.05) is 6.07 Å². The van der Waals surface area contributed by atoms with E-state index in [1.54, 1.807) is 18.0 Å². The molecule has 2 rings (SSSR count). The quantitative estimate of drug-likeness (QED) is 0.801. The Morgan fingerprint density at radius 2 is 1.95 bits per heavy atom. The van der Waals surface area contributed by atoms with Crippen molar-refractivity contribution in [3.05, 3.63) is 54.0 Å². The van der Waals surface area contributed by atoms with E-state index in [-0.39, 0.29) is 0 Å². The zero-order valence-electron chi connectivity index (χ0n) is 11.1. The minimum absolute atomic E-state index is 0.382. The Hall–Kier alpha value is -2.02. The molecule has 0 aliphatic heterocycles. The summed E-state index contributed by atoms with van der Waals surface area (Å²) in [5, 5.41) is 4.69. The molecule has 0 saturated heterocycles. The second kappa shape index (κ2) is 7.68. The van der Waals surface area contributed by atoms with Crippen molar-refractivity contribution in [2.75, 3.05) is 17.6 Å². The van der Waals surface area contributed by atoms with Crippen LogP contribution in [-0.4, -0.2) is 18.3 Å². The third-order valence-electron chi connectivity index (χ3n) is 2.56. The smallest absolute Gasteiger partial charge is 0.319 e. The standard InChI is InChI=1S/C14H14F2N2O2S/c15-11-4-1-5-12(16)13(11)18-14(19)17-6-8-21-9-10-3-2-7-20-10/h1-5,7H,6,8-9H2,(H2,17,18,19). The first-order valence-corrected chi connectivity index (χ1v) is 7.41. The van der Waals surface area contributed by atoms with Gasteiger partial charge < -0.3 is 15.1 Å². The van der Waals surface area contributed by atoms with E-state index < -0.39 is 23.4 Å². The maximum atomic E-state index is 13.3. The van der Waals surface area contributed by atoms with Gasteiger partial charge in [0.1, 0.15) is 23.1 Å². The summed E-state index contributed by atoms with van der Waals surface area (Å²) in [6.45, 7) is 0.382. The fraction of sp³-hybridized carbons (Fsp3) is 0.214. The molecule has 7 heteroatoms. The van der Waals surface area contributed by atoms with Gasteiger partial charge in [-0.15, -0.1) is 0 Å². The molecule has 1 aromatic heterocycles. The van der Waals surface area contributed by atoms with Crippen LogP contribution in [0.5, 0.6) is 0 Å². The van der Waals surface area contributed by atoms with Gasteiger partial charge in [-0.25, -0.2) is 13.6 Å². The number of furan rings is 1. The van der Waals surface area contributed by atoms with Gasteiger partial charge in [0, 0.05) is 12.3 Å². The van der Waals surface area contributed by atoms with Crippen LogP contribution in [0.4, 0.5) is 19.3 Å². The molecule has 0 unspecified atom stereocenters. The minimum atomic E-state index is -0.808. The number of amides is 2. The maximum absolute atomic E-state index is 13.3. The highest BCUT2D eigenvalue weighted by Crippen LogP contribution is 2.17. The third-order valence-corrected chi connectivity index (χ3v) is 3.54. The van der Waals surface area contributed by atoms with Crippen LogP contribution >= 0.6 is 11.8 Å². The van der Waals surface area contributed by atoms with E-state index in [2.05, 4.69) is 10.6 Å². The van der Waals surface area contributed by atoms with Gasteiger partial charge in [-0.3, -0.25) is 0 Å². The summed E-state index contributed by atoms with van der Waals surface area (Å²) < 4.78 is 31.8. The van der Waals surface area contributed by atoms with Gasteiger partial charge in [-0.2, -0.15) is 11.8 Å². The lowest BCUT2D eigenvalue weighted by Crippen LogP contribution is -2.31. The van der Waals surface area contributed by atoms with Crippen molar-refractivity contribution < 1.29 is 18.0 Å². The Morgan fingerprint density at radius 1 is 1.19 bits per heavy atom. The summed E-state index contributed by atoms with van der Waals surface area (Å²) in [6, 6.07) is 6.44. The van der Waals surface area contributed by atoms with E-state index in [4.69, 9.17) is 4.42 Å². The minimum Gasteiger partial charge on any atom is -0.468 e. The highest BCUT2D eigenvalue weighted by atomic mass is 32.2. The van der Waals surface area contributed by atoms with Crippen molar-refractivity contribution in [2.45, 2.75) is 5.75 Å². The first-order chi connectivity index (χ1) is 10.2. The number of rotatable bonds is 6. The molecule has 0 aliphatic rings. The van der Waals surface area contributed by atoms with E-state index >= 15 is 0 Å². The molecule has 0 spiro atoms. The fourth-order valence-corrected chi connectivity index (χ4v) is 2.34. The van der Waals surface area contributed by atoms with Crippen LogP contribution in [0.2, 0.25) is 0 Å². The Kier molecular flexibility index (Phi) is 5.62. The van der Waals surface area contributed by atoms with Gasteiger partial charge in [0.25, 0.3) is 0 Å². The van der Waals surface area contributed by atoms with E-state index in [9.17, 15) is 13.6 Å². The van der Waals surface area contributed by atoms with Crippen LogP contribution < -0.4 is 10.6 Å². The van der Waals surface area contributed by atoms with Crippen molar-refractivity contribution in [3.63, 3.8) is 0 Å². The van der Waals surface area contributed by atoms with Gasteiger partial charge in [0.15, 0.2) is 0 Å². The molecule has 0 saturated carbocycles. The number of carbonyl (C=O) groups excluding carboxylic acids is 1. The largest absolute Gasteiger partial charge is 0.468 e. The molecule has 4 nitrogen and oxygen atoms in total. The lowest BCUT2D eigenvalue weighted by molar-refractivity contribution is 0.252. The van der Waals surface area contributed by atoms with Crippen molar-refractivity contribution in [3.8, 4) is 0 Å². The monoisotopic (exact) mass is 312 g/mol. The van der Waals surface area contributed by atoms with E-state index in [0.29, 0.717) is 18.1 Å². The molecule has 0 aliphatic carbocycles. The Morgan fingerprint density at radius 3 is 2.62 bits per heavy atom. The average Bonchev–Trinajstić information content (AvgIpc) is 2.96. The molecular formula is C14H14F2N2O2S. The molecule has 21 heavy (non-hydrogen) atoms. The predicted octanol–water partition coefficient (Wildman–Crippen LogP) is 3.61. The summed E-state index contributed by atoms with van der Waals surface area (Å²) >= 11 is 1.58. The van der Waals surface area contributed by atoms with Crippen LogP contribution in [-0.2, 0) is 5.75 Å². The molecule has 0 radical (unpaired) electrons. The highest BCUT2D eigenvalue weighted by molar-refractivity contribution is 7.98. The number of anilines is 1. The van der Waals surface area contributed by atoms with Gasteiger partial charge in [0.05, 0.1) is 12.0 Å².